The third kappa shape index (κ3) is 2.61. The third-order valence-corrected chi connectivity index (χ3v) is 3.02. The predicted octanol–water partition coefficient (Wildman–Crippen LogP) is 1.90. The van der Waals surface area contributed by atoms with Crippen molar-refractivity contribution in [3.05, 3.63) is 23.2 Å². The van der Waals surface area contributed by atoms with Crippen molar-refractivity contribution in [3.63, 3.8) is 0 Å². The number of aryl methyl sites for hydroxylation is 1. The molecule has 1 aliphatic rings. The Morgan fingerprint density at radius 1 is 1.40 bits per heavy atom. The summed E-state index contributed by atoms with van der Waals surface area (Å²) in [6.45, 7) is 6.42. The van der Waals surface area contributed by atoms with Gasteiger partial charge >= 0.3 is 0 Å². The van der Waals surface area contributed by atoms with E-state index in [1.807, 2.05) is 7.05 Å². The van der Waals surface area contributed by atoms with Crippen LogP contribution in [-0.4, -0.2) is 25.0 Å². The minimum atomic E-state index is 0.820. The van der Waals surface area contributed by atoms with Crippen LogP contribution >= 0.6 is 0 Å². The Hall–Kier alpha value is -0.800. The van der Waals surface area contributed by atoms with Crippen LogP contribution in [0.25, 0.3) is 0 Å². The molecule has 0 bridgehead atoms. The first kappa shape index (κ1) is 10.7. The number of nitrogens with zero attached hydrogens (tertiary/aromatic N) is 1. The Morgan fingerprint density at radius 3 is 2.80 bits per heavy atom. The summed E-state index contributed by atoms with van der Waals surface area (Å²) in [7, 11) is 1.94. The molecule has 0 amide bonds. The number of hydrogen-bond donors (Lipinski definition) is 1. The van der Waals surface area contributed by atoms with Gasteiger partial charge in [0.1, 0.15) is 11.5 Å². The quantitative estimate of drug-likeness (QED) is 0.819. The highest BCUT2D eigenvalue weighted by atomic mass is 16.3. The van der Waals surface area contributed by atoms with Crippen molar-refractivity contribution in [1.29, 1.82) is 0 Å². The summed E-state index contributed by atoms with van der Waals surface area (Å²) in [5.74, 6) is 2.12. The molecule has 0 unspecified atom stereocenters. The van der Waals surface area contributed by atoms with Crippen LogP contribution in [0, 0.1) is 6.92 Å². The first-order valence-electron chi connectivity index (χ1n) is 5.74. The van der Waals surface area contributed by atoms with Gasteiger partial charge in [0.2, 0.25) is 0 Å². The lowest BCUT2D eigenvalue weighted by Gasteiger charge is -2.13. The van der Waals surface area contributed by atoms with Gasteiger partial charge in [-0.05, 0) is 46.0 Å². The molecule has 2 rings (SSSR count). The number of hydrogen-bond acceptors (Lipinski definition) is 3. The fraction of sp³-hybridized carbons (Fsp3) is 0.667. The van der Waals surface area contributed by atoms with Gasteiger partial charge in [-0.1, -0.05) is 0 Å². The summed E-state index contributed by atoms with van der Waals surface area (Å²) in [6.07, 6.45) is 2.69. The zero-order chi connectivity index (χ0) is 10.7. The minimum absolute atomic E-state index is 0.820. The molecule has 1 N–H and O–H groups in total. The van der Waals surface area contributed by atoms with E-state index in [9.17, 15) is 0 Å². The summed E-state index contributed by atoms with van der Waals surface area (Å²) in [5.41, 5.74) is 1.35. The van der Waals surface area contributed by atoms with Crippen molar-refractivity contribution in [2.45, 2.75) is 32.9 Å². The second-order valence-corrected chi connectivity index (χ2v) is 4.31. The number of rotatable bonds is 4. The fourth-order valence-corrected chi connectivity index (χ4v) is 2.19. The molecule has 1 aromatic heterocycles. The lowest BCUT2D eigenvalue weighted by atomic mass is 10.2. The molecule has 0 radical (unpaired) electrons. The first-order chi connectivity index (χ1) is 7.29. The second kappa shape index (κ2) is 4.81. The minimum Gasteiger partial charge on any atom is -0.465 e. The molecule has 0 spiro atoms. The van der Waals surface area contributed by atoms with E-state index in [0.29, 0.717) is 0 Å². The normalized spacial score (nSPS) is 17.5. The van der Waals surface area contributed by atoms with Gasteiger partial charge in [-0.15, -0.1) is 0 Å². The highest BCUT2D eigenvalue weighted by Gasteiger charge is 2.15. The summed E-state index contributed by atoms with van der Waals surface area (Å²) in [4.78, 5) is 2.50. The van der Waals surface area contributed by atoms with E-state index < -0.39 is 0 Å². The Kier molecular flexibility index (Phi) is 3.44. The Balaban J connectivity index is 2.00. The fourth-order valence-electron chi connectivity index (χ4n) is 2.19. The van der Waals surface area contributed by atoms with Crippen molar-refractivity contribution >= 4 is 0 Å². The maximum atomic E-state index is 5.68. The maximum Gasteiger partial charge on any atom is 0.118 e. The average molecular weight is 208 g/mol. The molecule has 0 aromatic carbocycles. The molecule has 84 valence electrons. The van der Waals surface area contributed by atoms with Gasteiger partial charge in [0.05, 0.1) is 6.54 Å². The van der Waals surface area contributed by atoms with Crippen LogP contribution in [0.5, 0.6) is 0 Å². The number of furan rings is 1. The molecule has 1 aliphatic heterocycles. The van der Waals surface area contributed by atoms with Crippen LogP contribution in [-0.2, 0) is 13.1 Å². The van der Waals surface area contributed by atoms with Crippen molar-refractivity contribution in [2.75, 3.05) is 20.1 Å². The number of likely N-dealkylation sites (tertiary alicyclic amines) is 1. The van der Waals surface area contributed by atoms with E-state index in [2.05, 4.69) is 23.2 Å². The van der Waals surface area contributed by atoms with Crippen LogP contribution < -0.4 is 5.32 Å². The van der Waals surface area contributed by atoms with Gasteiger partial charge in [-0.2, -0.15) is 0 Å². The lowest BCUT2D eigenvalue weighted by molar-refractivity contribution is 0.328. The smallest absolute Gasteiger partial charge is 0.118 e. The standard InChI is InChI=1S/C12H20N2O/c1-10-11(7-12(15-10)8-13-2)9-14-5-3-4-6-14/h7,13H,3-6,8-9H2,1-2H3. The Bertz CT molecular complexity index is 313. The van der Waals surface area contributed by atoms with Gasteiger partial charge in [0.25, 0.3) is 0 Å². The van der Waals surface area contributed by atoms with Gasteiger partial charge in [-0.3, -0.25) is 4.90 Å². The molecule has 1 fully saturated rings. The molecule has 0 atom stereocenters. The summed E-state index contributed by atoms with van der Waals surface area (Å²) < 4.78 is 5.68. The zero-order valence-corrected chi connectivity index (χ0v) is 9.68. The molecular formula is C12H20N2O. The average Bonchev–Trinajstić information content (AvgIpc) is 2.79. The topological polar surface area (TPSA) is 28.4 Å². The molecule has 0 aliphatic carbocycles. The first-order valence-corrected chi connectivity index (χ1v) is 5.74. The van der Waals surface area contributed by atoms with E-state index in [4.69, 9.17) is 4.42 Å². The van der Waals surface area contributed by atoms with E-state index in [1.165, 1.54) is 31.5 Å². The van der Waals surface area contributed by atoms with E-state index in [-0.39, 0.29) is 0 Å². The van der Waals surface area contributed by atoms with Crippen LogP contribution in [0.4, 0.5) is 0 Å². The van der Waals surface area contributed by atoms with Crippen LogP contribution in [0.15, 0.2) is 10.5 Å². The molecule has 3 heteroatoms. The van der Waals surface area contributed by atoms with E-state index in [0.717, 1.165) is 24.6 Å². The van der Waals surface area contributed by atoms with Gasteiger partial charge in [0, 0.05) is 12.1 Å². The van der Waals surface area contributed by atoms with E-state index in [1.54, 1.807) is 0 Å². The molecule has 1 saturated heterocycles. The monoisotopic (exact) mass is 208 g/mol. The van der Waals surface area contributed by atoms with Crippen molar-refractivity contribution in [3.8, 4) is 0 Å². The molecule has 2 heterocycles. The van der Waals surface area contributed by atoms with E-state index >= 15 is 0 Å². The van der Waals surface area contributed by atoms with Crippen molar-refractivity contribution < 1.29 is 4.42 Å². The third-order valence-electron chi connectivity index (χ3n) is 3.02. The van der Waals surface area contributed by atoms with Crippen LogP contribution in [0.1, 0.15) is 29.9 Å². The van der Waals surface area contributed by atoms with Crippen LogP contribution in [0.3, 0.4) is 0 Å². The molecule has 0 saturated carbocycles. The van der Waals surface area contributed by atoms with Gasteiger partial charge in [-0.25, -0.2) is 0 Å². The van der Waals surface area contributed by atoms with Gasteiger partial charge < -0.3 is 9.73 Å². The van der Waals surface area contributed by atoms with Crippen molar-refractivity contribution in [2.24, 2.45) is 0 Å². The molecule has 1 aromatic rings. The SMILES string of the molecule is CNCc1cc(CN2CCCC2)c(C)o1. The highest BCUT2D eigenvalue weighted by Crippen LogP contribution is 2.19. The highest BCUT2D eigenvalue weighted by molar-refractivity contribution is 5.20. The lowest BCUT2D eigenvalue weighted by Crippen LogP contribution is -2.18. The molecule has 15 heavy (non-hydrogen) atoms. The predicted molar refractivity (Wildman–Crippen MR) is 60.7 cm³/mol. The largest absolute Gasteiger partial charge is 0.465 e. The number of nitrogens with one attached hydrogen (secondary N) is 1. The summed E-state index contributed by atoms with van der Waals surface area (Å²) in [6, 6.07) is 2.18. The second-order valence-electron chi connectivity index (χ2n) is 4.31. The van der Waals surface area contributed by atoms with Gasteiger partial charge in [0.15, 0.2) is 0 Å². The Labute approximate surface area is 91.4 Å². The van der Waals surface area contributed by atoms with Crippen LogP contribution in [0.2, 0.25) is 0 Å². The summed E-state index contributed by atoms with van der Waals surface area (Å²) >= 11 is 0. The zero-order valence-electron chi connectivity index (χ0n) is 9.68. The van der Waals surface area contributed by atoms with Crippen molar-refractivity contribution in [1.82, 2.24) is 10.2 Å². The summed E-state index contributed by atoms with van der Waals surface area (Å²) in [5, 5.41) is 3.11. The maximum absolute atomic E-state index is 5.68. The Morgan fingerprint density at radius 2 is 2.13 bits per heavy atom. The molecular weight excluding hydrogens is 188 g/mol. The molecule has 3 nitrogen and oxygen atoms in total.